The highest BCUT2D eigenvalue weighted by molar-refractivity contribution is 7.92. The van der Waals surface area contributed by atoms with Gasteiger partial charge in [-0.25, -0.2) is 12.8 Å². The maximum absolute atomic E-state index is 14.8. The first-order valence-corrected chi connectivity index (χ1v) is 13.7. The molecule has 0 spiro atoms. The molecule has 4 rings (SSSR count). The Balaban J connectivity index is 1.84. The fourth-order valence-electron chi connectivity index (χ4n) is 3.73. The van der Waals surface area contributed by atoms with Gasteiger partial charge in [0.1, 0.15) is 5.82 Å². The highest BCUT2D eigenvalue weighted by Gasteiger charge is 2.39. The Hall–Kier alpha value is -3.24. The second kappa shape index (κ2) is 9.19. The number of hydrogen-bond acceptors (Lipinski definition) is 5. The molecule has 1 aliphatic rings. The van der Waals surface area contributed by atoms with Gasteiger partial charge in [-0.3, -0.25) is 4.72 Å². The topological polar surface area (TPSA) is 95.9 Å². The van der Waals surface area contributed by atoms with Crippen LogP contribution in [0.2, 0.25) is 0 Å². The number of aryl methyl sites for hydroxylation is 1. The summed E-state index contributed by atoms with van der Waals surface area (Å²) in [6, 6.07) is 18.0. The normalized spacial score (nSPS) is 16.4. The van der Waals surface area contributed by atoms with Crippen molar-refractivity contribution in [3.63, 3.8) is 0 Å². The van der Waals surface area contributed by atoms with Crippen LogP contribution in [0.1, 0.15) is 36.1 Å². The van der Waals surface area contributed by atoms with E-state index in [4.69, 9.17) is 0 Å². The Morgan fingerprint density at radius 2 is 1.62 bits per heavy atom. The van der Waals surface area contributed by atoms with Gasteiger partial charge in [-0.15, -0.1) is 0 Å². The largest absolute Gasteiger partial charge is 0.283 e. The van der Waals surface area contributed by atoms with Gasteiger partial charge in [-0.1, -0.05) is 54.1 Å². The molecule has 0 aromatic heterocycles. The molecule has 0 unspecified atom stereocenters. The second-order valence-corrected chi connectivity index (χ2v) is 11.7. The maximum Gasteiger partial charge on any atom is 0.279 e. The van der Waals surface area contributed by atoms with Gasteiger partial charge in [0.15, 0.2) is 0 Å². The first-order chi connectivity index (χ1) is 16.1. The quantitative estimate of drug-likeness (QED) is 0.518. The van der Waals surface area contributed by atoms with Crippen molar-refractivity contribution < 1.29 is 21.2 Å². The first-order valence-electron chi connectivity index (χ1n) is 10.7. The standard InChI is InChI=1S/C24H24FN3O4S2/c1-3-33(29,30)27-22-11-7-5-9-20(22)23-16-24(19-8-4-6-10-21(19)25)28(26-23)34(31,32)18-14-12-17(2)13-15-18/h4-15,24,27H,3,16H2,1-2H3/t24-/m1/s1. The van der Waals surface area contributed by atoms with Gasteiger partial charge < -0.3 is 0 Å². The number of para-hydroxylation sites is 1. The van der Waals surface area contributed by atoms with E-state index < -0.39 is 31.9 Å². The summed E-state index contributed by atoms with van der Waals surface area (Å²) in [4.78, 5) is 0.0319. The molecule has 0 fully saturated rings. The minimum absolute atomic E-state index is 0.0319. The summed E-state index contributed by atoms with van der Waals surface area (Å²) in [6.45, 7) is 3.36. The zero-order chi connectivity index (χ0) is 24.5. The predicted octanol–water partition coefficient (Wildman–Crippen LogP) is 4.44. The number of benzene rings is 3. The Bertz CT molecular complexity index is 1450. The third-order valence-electron chi connectivity index (χ3n) is 5.59. The SMILES string of the molecule is CCS(=O)(=O)Nc1ccccc1C1=NN(S(=O)(=O)c2ccc(C)cc2)[C@@H](c2ccccc2F)C1. The van der Waals surface area contributed by atoms with Crippen molar-refractivity contribution in [3.8, 4) is 0 Å². The first kappa shape index (κ1) is 23.9. The van der Waals surface area contributed by atoms with E-state index in [1.165, 1.54) is 37.3 Å². The molecule has 1 aliphatic heterocycles. The Morgan fingerprint density at radius 1 is 0.971 bits per heavy atom. The lowest BCUT2D eigenvalue weighted by molar-refractivity contribution is 0.362. The lowest BCUT2D eigenvalue weighted by atomic mass is 9.98. The van der Waals surface area contributed by atoms with Gasteiger partial charge >= 0.3 is 0 Å². The van der Waals surface area contributed by atoms with Gasteiger partial charge in [0, 0.05) is 17.5 Å². The van der Waals surface area contributed by atoms with Crippen LogP contribution in [0.3, 0.4) is 0 Å². The van der Waals surface area contributed by atoms with E-state index in [-0.39, 0.29) is 28.3 Å². The van der Waals surface area contributed by atoms with Crippen LogP contribution in [0, 0.1) is 12.7 Å². The number of nitrogens with zero attached hydrogens (tertiary/aromatic N) is 2. The lowest BCUT2D eigenvalue weighted by Crippen LogP contribution is -2.28. The number of nitrogens with one attached hydrogen (secondary N) is 1. The van der Waals surface area contributed by atoms with E-state index in [2.05, 4.69) is 9.82 Å². The van der Waals surface area contributed by atoms with E-state index in [0.717, 1.165) is 9.98 Å². The van der Waals surface area contributed by atoms with Crippen LogP contribution in [-0.4, -0.2) is 32.7 Å². The van der Waals surface area contributed by atoms with E-state index >= 15 is 0 Å². The Morgan fingerprint density at radius 3 is 2.29 bits per heavy atom. The molecule has 0 aliphatic carbocycles. The van der Waals surface area contributed by atoms with Gasteiger partial charge in [-0.05, 0) is 38.1 Å². The summed E-state index contributed by atoms with van der Waals surface area (Å²) in [5.74, 6) is -0.674. The lowest BCUT2D eigenvalue weighted by Gasteiger charge is -2.23. The third-order valence-corrected chi connectivity index (χ3v) is 8.57. The molecule has 10 heteroatoms. The monoisotopic (exact) mass is 501 g/mol. The summed E-state index contributed by atoms with van der Waals surface area (Å²) in [5, 5.41) is 4.40. The second-order valence-electron chi connectivity index (χ2n) is 7.93. The summed E-state index contributed by atoms with van der Waals surface area (Å²) >= 11 is 0. The Labute approximate surface area is 199 Å². The van der Waals surface area contributed by atoms with Crippen molar-refractivity contribution in [1.29, 1.82) is 0 Å². The average Bonchev–Trinajstić information content (AvgIpc) is 3.26. The highest BCUT2D eigenvalue weighted by Crippen LogP contribution is 2.39. The smallest absolute Gasteiger partial charge is 0.279 e. The zero-order valence-corrected chi connectivity index (χ0v) is 20.3. The highest BCUT2D eigenvalue weighted by atomic mass is 32.2. The number of halogens is 1. The minimum Gasteiger partial charge on any atom is -0.283 e. The molecular formula is C24H24FN3O4S2. The number of anilines is 1. The molecule has 0 saturated heterocycles. The molecule has 178 valence electrons. The summed E-state index contributed by atoms with van der Waals surface area (Å²) < 4.78 is 69.7. The molecule has 3 aromatic rings. The molecular weight excluding hydrogens is 477 g/mol. The fraction of sp³-hybridized carbons (Fsp3) is 0.208. The number of sulfonamides is 2. The summed E-state index contributed by atoms with van der Waals surface area (Å²) in [5.41, 5.74) is 2.13. The van der Waals surface area contributed by atoms with Crippen molar-refractivity contribution in [2.24, 2.45) is 5.10 Å². The number of rotatable bonds is 7. The van der Waals surface area contributed by atoms with Crippen molar-refractivity contribution in [1.82, 2.24) is 4.41 Å². The average molecular weight is 502 g/mol. The van der Waals surface area contributed by atoms with Crippen LogP contribution < -0.4 is 4.72 Å². The molecule has 1 heterocycles. The van der Waals surface area contributed by atoms with Crippen molar-refractivity contribution in [3.05, 3.63) is 95.3 Å². The van der Waals surface area contributed by atoms with Crippen LogP contribution in [0.15, 0.2) is 82.8 Å². The number of hydrazone groups is 1. The minimum atomic E-state index is -4.12. The fourth-order valence-corrected chi connectivity index (χ4v) is 5.81. The molecule has 1 atom stereocenters. The Kier molecular flexibility index (Phi) is 6.46. The third kappa shape index (κ3) is 4.69. The molecule has 7 nitrogen and oxygen atoms in total. The molecule has 3 aromatic carbocycles. The molecule has 0 amide bonds. The van der Waals surface area contributed by atoms with E-state index in [0.29, 0.717) is 11.3 Å². The number of hydrogen-bond donors (Lipinski definition) is 1. The van der Waals surface area contributed by atoms with Gasteiger partial charge in [-0.2, -0.15) is 17.9 Å². The van der Waals surface area contributed by atoms with Gasteiger partial charge in [0.2, 0.25) is 10.0 Å². The zero-order valence-electron chi connectivity index (χ0n) is 18.6. The van der Waals surface area contributed by atoms with E-state index in [1.54, 1.807) is 42.5 Å². The van der Waals surface area contributed by atoms with Crippen LogP contribution in [-0.2, 0) is 20.0 Å². The molecule has 0 bridgehead atoms. The molecule has 0 saturated carbocycles. The van der Waals surface area contributed by atoms with Crippen molar-refractivity contribution >= 4 is 31.4 Å². The van der Waals surface area contributed by atoms with Crippen LogP contribution in [0.25, 0.3) is 0 Å². The predicted molar refractivity (Wildman–Crippen MR) is 130 cm³/mol. The molecule has 1 N–H and O–H groups in total. The van der Waals surface area contributed by atoms with Gasteiger partial charge in [0.25, 0.3) is 10.0 Å². The van der Waals surface area contributed by atoms with Gasteiger partial charge in [0.05, 0.1) is 28.1 Å². The molecule has 0 radical (unpaired) electrons. The van der Waals surface area contributed by atoms with Crippen LogP contribution >= 0.6 is 0 Å². The van der Waals surface area contributed by atoms with E-state index in [1.807, 2.05) is 6.92 Å². The summed E-state index contributed by atoms with van der Waals surface area (Å²) in [6.07, 6.45) is 0.0664. The van der Waals surface area contributed by atoms with Crippen molar-refractivity contribution in [2.75, 3.05) is 10.5 Å². The van der Waals surface area contributed by atoms with E-state index in [9.17, 15) is 21.2 Å². The summed E-state index contributed by atoms with van der Waals surface area (Å²) in [7, 11) is -7.71. The molecule has 34 heavy (non-hydrogen) atoms. The maximum atomic E-state index is 14.8. The van der Waals surface area contributed by atoms with Crippen LogP contribution in [0.5, 0.6) is 0 Å². The van der Waals surface area contributed by atoms with Crippen LogP contribution in [0.4, 0.5) is 10.1 Å². The van der Waals surface area contributed by atoms with Crippen molar-refractivity contribution in [2.45, 2.75) is 31.2 Å².